The molecule has 1 aliphatic rings. The van der Waals surface area contributed by atoms with Gasteiger partial charge >= 0.3 is 0 Å². The molecule has 5 nitrogen and oxygen atoms in total. The number of allylic oxidation sites excluding steroid dienone is 1. The van der Waals surface area contributed by atoms with Gasteiger partial charge in [-0.25, -0.2) is 9.07 Å². The van der Waals surface area contributed by atoms with Crippen LogP contribution in [0.5, 0.6) is 0 Å². The highest BCUT2D eigenvalue weighted by Crippen LogP contribution is 2.20. The maximum atomic E-state index is 13.8. The van der Waals surface area contributed by atoms with Crippen molar-refractivity contribution in [2.24, 2.45) is 0 Å². The van der Waals surface area contributed by atoms with Crippen LogP contribution in [0.2, 0.25) is 5.02 Å². The lowest BCUT2D eigenvalue weighted by molar-refractivity contribution is 0.231. The van der Waals surface area contributed by atoms with E-state index in [4.69, 9.17) is 11.6 Å². The van der Waals surface area contributed by atoms with Crippen LogP contribution < -0.4 is 10.9 Å². The van der Waals surface area contributed by atoms with E-state index in [0.717, 1.165) is 37.3 Å². The topological polar surface area (TPSA) is 50.2 Å². The molecule has 2 aromatic carbocycles. The molecule has 1 fully saturated rings. The standard InChI is InChI=1S/C25H26ClFN4O.2ClH/c1-18-15-20(6-9-23(18)27)24-16-21(17-30-13-10-28-11-14-30)25(32)31(29-24)12-2-3-19-4-7-22(26)8-5-19;;/h2-9,15-16,28H,10-14,17H2,1H3;2*1H/b3-2+;;. The average Bonchev–Trinajstić information content (AvgIpc) is 2.80. The SMILES string of the molecule is Cc1cc(-c2cc(CN3CCNCC3)c(=O)n(C/C=C/c3ccc(Cl)cc3)n2)ccc1F.Cl.Cl. The molecule has 3 aromatic rings. The minimum atomic E-state index is -0.256. The quantitative estimate of drug-likeness (QED) is 0.493. The minimum absolute atomic E-state index is 0. The molecule has 0 atom stereocenters. The lowest BCUT2D eigenvalue weighted by Gasteiger charge is -2.27. The Morgan fingerprint density at radius 2 is 1.79 bits per heavy atom. The van der Waals surface area contributed by atoms with Crippen molar-refractivity contribution < 1.29 is 4.39 Å². The fourth-order valence-electron chi connectivity index (χ4n) is 3.75. The highest BCUT2D eigenvalue weighted by Gasteiger charge is 2.15. The van der Waals surface area contributed by atoms with Crippen molar-refractivity contribution in [1.82, 2.24) is 20.0 Å². The van der Waals surface area contributed by atoms with Crippen molar-refractivity contribution in [2.45, 2.75) is 20.0 Å². The second kappa shape index (κ2) is 13.0. The molecular weight excluding hydrogens is 498 g/mol. The molecule has 4 rings (SSSR count). The predicted molar refractivity (Wildman–Crippen MR) is 142 cm³/mol. The van der Waals surface area contributed by atoms with Gasteiger partial charge in [0.2, 0.25) is 0 Å². The molecule has 0 bridgehead atoms. The van der Waals surface area contributed by atoms with Crippen LogP contribution in [-0.2, 0) is 13.1 Å². The third kappa shape index (κ3) is 7.14. The second-order valence-electron chi connectivity index (χ2n) is 7.99. The maximum absolute atomic E-state index is 13.8. The molecule has 0 amide bonds. The monoisotopic (exact) mass is 524 g/mol. The number of aryl methyl sites for hydroxylation is 1. The Labute approximate surface area is 216 Å². The number of hydrogen-bond acceptors (Lipinski definition) is 4. The van der Waals surface area contributed by atoms with Crippen molar-refractivity contribution in [3.05, 3.63) is 92.5 Å². The van der Waals surface area contributed by atoms with E-state index in [-0.39, 0.29) is 36.2 Å². The number of rotatable bonds is 6. The Kier molecular flexibility index (Phi) is 10.7. The number of nitrogens with one attached hydrogen (secondary N) is 1. The molecule has 1 aliphatic heterocycles. The van der Waals surface area contributed by atoms with Crippen molar-refractivity contribution in [1.29, 1.82) is 0 Å². The highest BCUT2D eigenvalue weighted by molar-refractivity contribution is 6.30. The van der Waals surface area contributed by atoms with Gasteiger partial charge in [-0.1, -0.05) is 35.9 Å². The summed E-state index contributed by atoms with van der Waals surface area (Å²) in [6, 6.07) is 14.3. The molecule has 0 aliphatic carbocycles. The lowest BCUT2D eigenvalue weighted by atomic mass is 10.1. The van der Waals surface area contributed by atoms with Crippen LogP contribution in [0.15, 0.2) is 59.4 Å². The summed E-state index contributed by atoms with van der Waals surface area (Å²) in [6.45, 7) is 6.24. The van der Waals surface area contributed by atoms with E-state index in [1.54, 1.807) is 19.1 Å². The van der Waals surface area contributed by atoms with Crippen molar-refractivity contribution in [3.63, 3.8) is 0 Å². The van der Waals surface area contributed by atoms with E-state index in [9.17, 15) is 9.18 Å². The van der Waals surface area contributed by atoms with Crippen LogP contribution in [0, 0.1) is 12.7 Å². The first-order valence-corrected chi connectivity index (χ1v) is 11.1. The molecule has 2 heterocycles. The molecule has 1 saturated heterocycles. The Bertz CT molecular complexity index is 1180. The summed E-state index contributed by atoms with van der Waals surface area (Å²) in [4.78, 5) is 15.4. The molecule has 182 valence electrons. The van der Waals surface area contributed by atoms with Gasteiger partial charge in [0.25, 0.3) is 5.56 Å². The smallest absolute Gasteiger partial charge is 0.271 e. The summed E-state index contributed by atoms with van der Waals surface area (Å²) in [5.41, 5.74) is 3.59. The first-order valence-electron chi connectivity index (χ1n) is 10.7. The number of aromatic nitrogens is 2. The van der Waals surface area contributed by atoms with Crippen LogP contribution in [0.1, 0.15) is 16.7 Å². The van der Waals surface area contributed by atoms with Crippen LogP contribution in [0.3, 0.4) is 0 Å². The minimum Gasteiger partial charge on any atom is -0.314 e. The molecule has 0 spiro atoms. The molecule has 0 radical (unpaired) electrons. The van der Waals surface area contributed by atoms with Gasteiger partial charge in [0.15, 0.2) is 0 Å². The first-order chi connectivity index (χ1) is 15.5. The third-order valence-corrected chi connectivity index (χ3v) is 5.82. The van der Waals surface area contributed by atoms with Crippen LogP contribution >= 0.6 is 36.4 Å². The number of hydrogen-bond donors (Lipinski definition) is 1. The van der Waals surface area contributed by atoms with Crippen molar-refractivity contribution >= 4 is 42.5 Å². The van der Waals surface area contributed by atoms with E-state index in [1.807, 2.05) is 42.5 Å². The zero-order valence-electron chi connectivity index (χ0n) is 18.8. The van der Waals surface area contributed by atoms with Crippen molar-refractivity contribution in [3.8, 4) is 11.3 Å². The Balaban J connectivity index is 0.00000204. The summed E-state index contributed by atoms with van der Waals surface area (Å²) in [6.07, 6.45) is 3.85. The van der Waals surface area contributed by atoms with E-state index in [1.165, 1.54) is 10.7 Å². The molecule has 9 heteroatoms. The molecular formula is C25H28Cl3FN4O. The summed E-state index contributed by atoms with van der Waals surface area (Å²) >= 11 is 5.95. The highest BCUT2D eigenvalue weighted by atomic mass is 35.5. The van der Waals surface area contributed by atoms with E-state index < -0.39 is 0 Å². The van der Waals surface area contributed by atoms with Gasteiger partial charge in [-0.2, -0.15) is 5.10 Å². The summed E-state index contributed by atoms with van der Waals surface area (Å²) in [7, 11) is 0. The number of halogens is 4. The molecule has 34 heavy (non-hydrogen) atoms. The average molecular weight is 526 g/mol. The Hall–Kier alpha value is -2.22. The molecule has 1 aromatic heterocycles. The molecule has 0 saturated carbocycles. The summed E-state index contributed by atoms with van der Waals surface area (Å²) in [5.74, 6) is -0.256. The fourth-order valence-corrected chi connectivity index (χ4v) is 3.88. The number of piperazine rings is 1. The number of benzene rings is 2. The largest absolute Gasteiger partial charge is 0.314 e. The van der Waals surface area contributed by atoms with E-state index >= 15 is 0 Å². The number of nitrogens with zero attached hydrogens (tertiary/aromatic N) is 3. The van der Waals surface area contributed by atoms with Crippen molar-refractivity contribution in [2.75, 3.05) is 26.2 Å². The first kappa shape index (κ1) is 28.0. The normalized spacial score (nSPS) is 14.0. The van der Waals surface area contributed by atoms with Gasteiger partial charge in [0, 0.05) is 48.9 Å². The zero-order valence-corrected chi connectivity index (χ0v) is 21.2. The summed E-state index contributed by atoms with van der Waals surface area (Å²) in [5, 5.41) is 8.60. The van der Waals surface area contributed by atoms with Gasteiger partial charge in [0.05, 0.1) is 12.2 Å². The van der Waals surface area contributed by atoms with Gasteiger partial charge < -0.3 is 5.32 Å². The third-order valence-electron chi connectivity index (χ3n) is 5.56. The Morgan fingerprint density at radius 3 is 2.47 bits per heavy atom. The fraction of sp³-hybridized carbons (Fsp3) is 0.280. The van der Waals surface area contributed by atoms with Crippen LogP contribution in [0.4, 0.5) is 4.39 Å². The van der Waals surface area contributed by atoms with Gasteiger partial charge in [-0.05, 0) is 54.4 Å². The molecule has 0 unspecified atom stereocenters. The zero-order chi connectivity index (χ0) is 22.5. The van der Waals surface area contributed by atoms with Gasteiger partial charge in [-0.15, -0.1) is 24.8 Å². The second-order valence-corrected chi connectivity index (χ2v) is 8.42. The van der Waals surface area contributed by atoms with E-state index in [0.29, 0.717) is 34.9 Å². The van der Waals surface area contributed by atoms with Crippen LogP contribution in [-0.4, -0.2) is 40.9 Å². The maximum Gasteiger partial charge on any atom is 0.271 e. The summed E-state index contributed by atoms with van der Waals surface area (Å²) < 4.78 is 15.3. The lowest BCUT2D eigenvalue weighted by Crippen LogP contribution is -2.44. The van der Waals surface area contributed by atoms with E-state index in [2.05, 4.69) is 15.3 Å². The molecule has 1 N–H and O–H groups in total. The van der Waals surface area contributed by atoms with Crippen LogP contribution in [0.25, 0.3) is 17.3 Å². The Morgan fingerprint density at radius 1 is 1.09 bits per heavy atom. The predicted octanol–water partition coefficient (Wildman–Crippen LogP) is 4.97. The van der Waals surface area contributed by atoms with Gasteiger partial charge in [-0.3, -0.25) is 9.69 Å². The van der Waals surface area contributed by atoms with Gasteiger partial charge in [0.1, 0.15) is 5.82 Å².